The van der Waals surface area contributed by atoms with Crippen LogP contribution in [0.2, 0.25) is 0 Å². The van der Waals surface area contributed by atoms with Crippen molar-refractivity contribution in [1.29, 1.82) is 0 Å². The first-order chi connectivity index (χ1) is 15.6. The highest BCUT2D eigenvalue weighted by atomic mass is 16.5. The lowest BCUT2D eigenvalue weighted by atomic mass is 10.1. The molecule has 0 unspecified atom stereocenters. The maximum Gasteiger partial charge on any atom is 0.132 e. The zero-order valence-corrected chi connectivity index (χ0v) is 18.8. The first kappa shape index (κ1) is 20.9. The Morgan fingerprint density at radius 3 is 2.66 bits per heavy atom. The molecule has 2 aliphatic rings. The Labute approximate surface area is 189 Å². The topological polar surface area (TPSA) is 83.6 Å². The molecule has 0 bridgehead atoms. The Bertz CT molecular complexity index is 1080. The van der Waals surface area contributed by atoms with Crippen LogP contribution in [0.4, 0.5) is 17.2 Å². The van der Waals surface area contributed by atoms with Crippen LogP contribution in [0.25, 0.3) is 10.9 Å². The Balaban J connectivity index is 1.25. The first-order valence-electron chi connectivity index (χ1n) is 11.4. The molecule has 2 N–H and O–H groups in total. The Morgan fingerprint density at radius 1 is 1.00 bits per heavy atom. The van der Waals surface area contributed by atoms with Gasteiger partial charge in [0.2, 0.25) is 0 Å². The number of aryl methyl sites for hydroxylation is 1. The molecule has 2 aliphatic heterocycles. The van der Waals surface area contributed by atoms with Gasteiger partial charge >= 0.3 is 0 Å². The quantitative estimate of drug-likeness (QED) is 0.628. The average Bonchev–Trinajstić information content (AvgIpc) is 2.80. The number of nitrogens with two attached hydrogens (primary N) is 1. The van der Waals surface area contributed by atoms with Crippen molar-refractivity contribution in [3.63, 3.8) is 0 Å². The van der Waals surface area contributed by atoms with Gasteiger partial charge in [-0.2, -0.15) is 0 Å². The zero-order chi connectivity index (χ0) is 22.1. The van der Waals surface area contributed by atoms with Gasteiger partial charge in [-0.15, -0.1) is 0 Å². The molecule has 2 saturated heterocycles. The molecule has 2 aromatic heterocycles. The van der Waals surface area contributed by atoms with Gasteiger partial charge in [-0.1, -0.05) is 0 Å². The van der Waals surface area contributed by atoms with Crippen LogP contribution in [0.1, 0.15) is 12.7 Å². The summed E-state index contributed by atoms with van der Waals surface area (Å²) in [6.07, 6.45) is 3.97. The van der Waals surface area contributed by atoms with E-state index in [0.717, 1.165) is 74.0 Å². The SMILES string of the molecule is Cc1nccc(N2CCN(C[C@H]3CN(c4ccc(N)c5ncccc45)C[C@@H](C)O3)CC2)n1. The van der Waals surface area contributed by atoms with Crippen LogP contribution in [0, 0.1) is 6.92 Å². The second kappa shape index (κ2) is 8.88. The molecule has 8 heteroatoms. The van der Waals surface area contributed by atoms with Crippen molar-refractivity contribution in [3.8, 4) is 0 Å². The van der Waals surface area contributed by atoms with E-state index in [1.807, 2.05) is 31.3 Å². The van der Waals surface area contributed by atoms with Gasteiger partial charge in [0.05, 0.1) is 23.4 Å². The van der Waals surface area contributed by atoms with E-state index in [2.05, 4.69) is 48.7 Å². The molecule has 3 aromatic rings. The number of piperazine rings is 1. The number of fused-ring (bicyclic) bond motifs is 1. The summed E-state index contributed by atoms with van der Waals surface area (Å²) in [5, 5.41) is 1.11. The molecule has 168 valence electrons. The van der Waals surface area contributed by atoms with Crippen molar-refractivity contribution in [2.75, 3.05) is 61.3 Å². The summed E-state index contributed by atoms with van der Waals surface area (Å²) in [5.74, 6) is 1.84. The molecule has 2 atom stereocenters. The average molecular weight is 434 g/mol. The molecule has 1 aromatic carbocycles. The van der Waals surface area contributed by atoms with Crippen molar-refractivity contribution in [2.45, 2.75) is 26.1 Å². The van der Waals surface area contributed by atoms with Crippen LogP contribution in [0.5, 0.6) is 0 Å². The molecule has 32 heavy (non-hydrogen) atoms. The van der Waals surface area contributed by atoms with E-state index in [0.29, 0.717) is 0 Å². The molecule has 2 fully saturated rings. The number of nitrogens with zero attached hydrogens (tertiary/aromatic N) is 6. The summed E-state index contributed by atoms with van der Waals surface area (Å²) in [5.41, 5.74) is 8.95. The number of hydrogen-bond acceptors (Lipinski definition) is 8. The standard InChI is InChI=1S/C24H31N7O/c1-17-14-31(22-6-5-21(25)24-20(22)4-3-8-27-24)16-19(32-17)15-29-10-12-30(13-11-29)23-7-9-26-18(2)28-23/h3-9,17,19H,10-16,25H2,1-2H3/t17-,19+/m1/s1. The van der Waals surface area contributed by atoms with E-state index in [-0.39, 0.29) is 12.2 Å². The highest BCUT2D eigenvalue weighted by molar-refractivity contribution is 5.98. The van der Waals surface area contributed by atoms with Crippen molar-refractivity contribution in [3.05, 3.63) is 48.5 Å². The highest BCUT2D eigenvalue weighted by Gasteiger charge is 2.29. The summed E-state index contributed by atoms with van der Waals surface area (Å²) in [4.78, 5) is 20.6. The number of anilines is 3. The first-order valence-corrected chi connectivity index (χ1v) is 11.4. The van der Waals surface area contributed by atoms with E-state index < -0.39 is 0 Å². The predicted molar refractivity (Wildman–Crippen MR) is 128 cm³/mol. The number of rotatable bonds is 4. The van der Waals surface area contributed by atoms with Crippen molar-refractivity contribution in [2.24, 2.45) is 0 Å². The predicted octanol–water partition coefficient (Wildman–Crippen LogP) is 2.33. The maximum atomic E-state index is 6.35. The third-order valence-corrected chi connectivity index (χ3v) is 6.36. The number of benzene rings is 1. The molecule has 0 saturated carbocycles. The van der Waals surface area contributed by atoms with E-state index in [1.54, 1.807) is 6.20 Å². The Kier molecular flexibility index (Phi) is 5.80. The summed E-state index contributed by atoms with van der Waals surface area (Å²) >= 11 is 0. The molecule has 8 nitrogen and oxygen atoms in total. The van der Waals surface area contributed by atoms with Crippen LogP contribution in [-0.2, 0) is 4.74 Å². The van der Waals surface area contributed by atoms with Gasteiger partial charge in [-0.25, -0.2) is 9.97 Å². The molecule has 0 spiro atoms. The van der Waals surface area contributed by atoms with Crippen molar-refractivity contribution >= 4 is 28.1 Å². The van der Waals surface area contributed by atoms with Gasteiger partial charge in [0.1, 0.15) is 11.6 Å². The lowest BCUT2D eigenvalue weighted by molar-refractivity contribution is -0.0327. The fraction of sp³-hybridized carbons (Fsp3) is 0.458. The molecule has 0 radical (unpaired) electrons. The van der Waals surface area contributed by atoms with E-state index in [1.165, 1.54) is 5.69 Å². The minimum Gasteiger partial charge on any atom is -0.397 e. The molecule has 0 amide bonds. The summed E-state index contributed by atoms with van der Waals surface area (Å²) in [6.45, 7) is 10.7. The third-order valence-electron chi connectivity index (χ3n) is 6.36. The van der Waals surface area contributed by atoms with Crippen LogP contribution in [0.15, 0.2) is 42.7 Å². The second-order valence-corrected chi connectivity index (χ2v) is 8.80. The van der Waals surface area contributed by atoms with Crippen LogP contribution in [0.3, 0.4) is 0 Å². The monoisotopic (exact) mass is 433 g/mol. The fourth-order valence-corrected chi connectivity index (χ4v) is 4.87. The second-order valence-electron chi connectivity index (χ2n) is 8.80. The Morgan fingerprint density at radius 2 is 1.84 bits per heavy atom. The number of morpholine rings is 1. The number of ether oxygens (including phenoxy) is 1. The smallest absolute Gasteiger partial charge is 0.132 e. The van der Waals surface area contributed by atoms with Crippen molar-refractivity contribution in [1.82, 2.24) is 19.9 Å². The van der Waals surface area contributed by atoms with Crippen LogP contribution >= 0.6 is 0 Å². The molecular formula is C24H31N7O. The van der Waals surface area contributed by atoms with E-state index >= 15 is 0 Å². The van der Waals surface area contributed by atoms with Crippen molar-refractivity contribution < 1.29 is 4.74 Å². The molecule has 0 aliphatic carbocycles. The molecule has 5 rings (SSSR count). The van der Waals surface area contributed by atoms with Gasteiger partial charge in [0.15, 0.2) is 0 Å². The summed E-state index contributed by atoms with van der Waals surface area (Å²) < 4.78 is 6.35. The van der Waals surface area contributed by atoms with Crippen LogP contribution in [-0.4, -0.2) is 77.9 Å². The third kappa shape index (κ3) is 4.33. The van der Waals surface area contributed by atoms with E-state index in [4.69, 9.17) is 10.5 Å². The lowest BCUT2D eigenvalue weighted by Gasteiger charge is -2.42. The van der Waals surface area contributed by atoms with Gasteiger partial charge in [-0.05, 0) is 44.2 Å². The lowest BCUT2D eigenvalue weighted by Crippen LogP contribution is -2.54. The van der Waals surface area contributed by atoms with Gasteiger partial charge in [0, 0.05) is 69.3 Å². The number of hydrogen-bond donors (Lipinski definition) is 1. The van der Waals surface area contributed by atoms with Gasteiger partial charge < -0.3 is 20.3 Å². The number of nitrogen functional groups attached to an aromatic ring is 1. The number of pyridine rings is 1. The highest BCUT2D eigenvalue weighted by Crippen LogP contribution is 2.31. The van der Waals surface area contributed by atoms with Gasteiger partial charge in [0.25, 0.3) is 0 Å². The number of aromatic nitrogens is 3. The largest absolute Gasteiger partial charge is 0.397 e. The zero-order valence-electron chi connectivity index (χ0n) is 18.8. The molecular weight excluding hydrogens is 402 g/mol. The molecule has 4 heterocycles. The summed E-state index contributed by atoms with van der Waals surface area (Å²) in [6, 6.07) is 10.2. The Hall–Kier alpha value is -2.97. The maximum absolute atomic E-state index is 6.35. The summed E-state index contributed by atoms with van der Waals surface area (Å²) in [7, 11) is 0. The normalized spacial score (nSPS) is 22.4. The minimum atomic E-state index is 0.163. The fourth-order valence-electron chi connectivity index (χ4n) is 4.87. The van der Waals surface area contributed by atoms with Crippen LogP contribution < -0.4 is 15.5 Å². The minimum absolute atomic E-state index is 0.163. The van der Waals surface area contributed by atoms with E-state index in [9.17, 15) is 0 Å². The van der Waals surface area contributed by atoms with Gasteiger partial charge in [-0.3, -0.25) is 9.88 Å².